The van der Waals surface area contributed by atoms with Crippen molar-refractivity contribution in [2.45, 2.75) is 20.3 Å². The Hall–Kier alpha value is -2.16. The number of hydrogen-bond donors (Lipinski definition) is 0. The van der Waals surface area contributed by atoms with Crippen molar-refractivity contribution in [2.24, 2.45) is 0 Å². The molecule has 0 saturated carbocycles. The molecular formula is C15H15N3. The van der Waals surface area contributed by atoms with E-state index in [1.807, 2.05) is 16.8 Å². The van der Waals surface area contributed by atoms with Crippen molar-refractivity contribution in [3.8, 4) is 0 Å². The van der Waals surface area contributed by atoms with Crippen LogP contribution in [0.2, 0.25) is 0 Å². The summed E-state index contributed by atoms with van der Waals surface area (Å²) >= 11 is 0. The average molecular weight is 237 g/mol. The standard InChI is InChI=1S/C15H15N3/c1-11-3-6-13(7-4-11)9-14-16-15-8-5-12(2)10-18(15)17-14/h3-8,10H,9H2,1-2H3. The van der Waals surface area contributed by atoms with Gasteiger partial charge in [-0.1, -0.05) is 35.9 Å². The van der Waals surface area contributed by atoms with Crippen molar-refractivity contribution in [1.29, 1.82) is 0 Å². The SMILES string of the molecule is Cc1ccc(Cc2nc3ccc(C)cn3n2)cc1. The highest BCUT2D eigenvalue weighted by atomic mass is 15.3. The molecular weight excluding hydrogens is 222 g/mol. The normalized spacial score (nSPS) is 11.0. The van der Waals surface area contributed by atoms with Crippen molar-refractivity contribution in [3.05, 3.63) is 65.1 Å². The van der Waals surface area contributed by atoms with Crippen LogP contribution in [0.5, 0.6) is 0 Å². The van der Waals surface area contributed by atoms with Gasteiger partial charge < -0.3 is 0 Å². The van der Waals surface area contributed by atoms with Gasteiger partial charge in [0.15, 0.2) is 11.5 Å². The number of aryl methyl sites for hydroxylation is 2. The molecule has 0 amide bonds. The first kappa shape index (κ1) is 11.0. The first-order chi connectivity index (χ1) is 8.70. The summed E-state index contributed by atoms with van der Waals surface area (Å²) in [6.45, 7) is 4.15. The summed E-state index contributed by atoms with van der Waals surface area (Å²) in [7, 11) is 0. The lowest BCUT2D eigenvalue weighted by molar-refractivity contribution is 0.895. The van der Waals surface area contributed by atoms with E-state index in [9.17, 15) is 0 Å². The second kappa shape index (κ2) is 4.26. The lowest BCUT2D eigenvalue weighted by atomic mass is 10.1. The van der Waals surface area contributed by atoms with Gasteiger partial charge in [-0.3, -0.25) is 0 Å². The first-order valence-corrected chi connectivity index (χ1v) is 6.08. The Bertz CT molecular complexity index is 681. The van der Waals surface area contributed by atoms with E-state index in [1.54, 1.807) is 0 Å². The molecule has 0 aliphatic carbocycles. The molecule has 0 bridgehead atoms. The Labute approximate surface area is 106 Å². The number of aromatic nitrogens is 3. The van der Waals surface area contributed by atoms with E-state index < -0.39 is 0 Å². The molecule has 0 radical (unpaired) electrons. The van der Waals surface area contributed by atoms with Crippen LogP contribution in [0.15, 0.2) is 42.6 Å². The minimum Gasteiger partial charge on any atom is -0.221 e. The van der Waals surface area contributed by atoms with Crippen LogP contribution in [-0.2, 0) is 6.42 Å². The molecule has 2 aromatic heterocycles. The van der Waals surface area contributed by atoms with Crippen LogP contribution in [0, 0.1) is 13.8 Å². The molecule has 0 N–H and O–H groups in total. The summed E-state index contributed by atoms with van der Waals surface area (Å²) < 4.78 is 1.85. The predicted molar refractivity (Wildman–Crippen MR) is 71.7 cm³/mol. The fourth-order valence-corrected chi connectivity index (χ4v) is 2.00. The van der Waals surface area contributed by atoms with Crippen molar-refractivity contribution in [2.75, 3.05) is 0 Å². The third kappa shape index (κ3) is 2.12. The van der Waals surface area contributed by atoms with E-state index in [1.165, 1.54) is 16.7 Å². The summed E-state index contributed by atoms with van der Waals surface area (Å²) in [5.41, 5.74) is 4.61. The van der Waals surface area contributed by atoms with E-state index in [0.29, 0.717) is 0 Å². The second-order valence-corrected chi connectivity index (χ2v) is 4.70. The molecule has 90 valence electrons. The number of rotatable bonds is 2. The van der Waals surface area contributed by atoms with E-state index in [-0.39, 0.29) is 0 Å². The third-order valence-corrected chi connectivity index (χ3v) is 3.01. The number of nitrogens with zero attached hydrogens (tertiary/aromatic N) is 3. The van der Waals surface area contributed by atoms with Gasteiger partial charge in [0.2, 0.25) is 0 Å². The highest BCUT2D eigenvalue weighted by molar-refractivity contribution is 5.39. The van der Waals surface area contributed by atoms with Crippen molar-refractivity contribution < 1.29 is 0 Å². The zero-order valence-electron chi connectivity index (χ0n) is 10.6. The molecule has 0 spiro atoms. The zero-order valence-corrected chi connectivity index (χ0v) is 10.6. The Balaban J connectivity index is 1.92. The van der Waals surface area contributed by atoms with E-state index in [2.05, 4.69) is 54.3 Å². The molecule has 0 unspecified atom stereocenters. The fraction of sp³-hybridized carbons (Fsp3) is 0.200. The maximum atomic E-state index is 4.52. The largest absolute Gasteiger partial charge is 0.221 e. The number of benzene rings is 1. The van der Waals surface area contributed by atoms with Gasteiger partial charge in [-0.15, -0.1) is 0 Å². The summed E-state index contributed by atoms with van der Waals surface area (Å²) in [5, 5.41) is 4.50. The summed E-state index contributed by atoms with van der Waals surface area (Å²) in [6.07, 6.45) is 2.78. The van der Waals surface area contributed by atoms with Crippen LogP contribution in [0.25, 0.3) is 5.65 Å². The molecule has 3 aromatic rings. The number of fused-ring (bicyclic) bond motifs is 1. The maximum Gasteiger partial charge on any atom is 0.156 e. The maximum absolute atomic E-state index is 4.52. The topological polar surface area (TPSA) is 30.2 Å². The Kier molecular flexibility index (Phi) is 2.59. The lowest BCUT2D eigenvalue weighted by Crippen LogP contribution is -1.92. The van der Waals surface area contributed by atoms with Crippen LogP contribution < -0.4 is 0 Å². The number of hydrogen-bond acceptors (Lipinski definition) is 2. The molecule has 0 atom stereocenters. The Morgan fingerprint density at radius 2 is 1.67 bits per heavy atom. The third-order valence-electron chi connectivity index (χ3n) is 3.01. The fourth-order valence-electron chi connectivity index (χ4n) is 2.00. The van der Waals surface area contributed by atoms with Gasteiger partial charge in [0.05, 0.1) is 0 Å². The van der Waals surface area contributed by atoms with Crippen molar-refractivity contribution in [1.82, 2.24) is 14.6 Å². The minimum absolute atomic E-state index is 0.779. The van der Waals surface area contributed by atoms with Gasteiger partial charge >= 0.3 is 0 Å². The quantitative estimate of drug-likeness (QED) is 0.686. The molecule has 0 aliphatic heterocycles. The minimum atomic E-state index is 0.779. The predicted octanol–water partition coefficient (Wildman–Crippen LogP) is 2.94. The molecule has 18 heavy (non-hydrogen) atoms. The highest BCUT2D eigenvalue weighted by Gasteiger charge is 2.04. The van der Waals surface area contributed by atoms with Crippen LogP contribution in [0.3, 0.4) is 0 Å². The molecule has 3 nitrogen and oxygen atoms in total. The Morgan fingerprint density at radius 3 is 2.44 bits per heavy atom. The van der Waals surface area contributed by atoms with Crippen LogP contribution in [0.4, 0.5) is 0 Å². The molecule has 1 aromatic carbocycles. The van der Waals surface area contributed by atoms with Crippen LogP contribution in [-0.4, -0.2) is 14.6 Å². The average Bonchev–Trinajstić information content (AvgIpc) is 2.73. The van der Waals surface area contributed by atoms with E-state index in [4.69, 9.17) is 0 Å². The smallest absolute Gasteiger partial charge is 0.156 e. The molecule has 0 saturated heterocycles. The molecule has 3 rings (SSSR count). The van der Waals surface area contributed by atoms with Crippen molar-refractivity contribution >= 4 is 5.65 Å². The van der Waals surface area contributed by atoms with Crippen LogP contribution >= 0.6 is 0 Å². The van der Waals surface area contributed by atoms with Gasteiger partial charge in [0, 0.05) is 12.6 Å². The molecule has 3 heteroatoms. The first-order valence-electron chi connectivity index (χ1n) is 6.08. The summed E-state index contributed by atoms with van der Waals surface area (Å²) in [4.78, 5) is 4.52. The zero-order chi connectivity index (χ0) is 12.5. The summed E-state index contributed by atoms with van der Waals surface area (Å²) in [5.74, 6) is 0.865. The second-order valence-electron chi connectivity index (χ2n) is 4.70. The monoisotopic (exact) mass is 237 g/mol. The van der Waals surface area contributed by atoms with Gasteiger partial charge in [-0.25, -0.2) is 9.50 Å². The molecule has 2 heterocycles. The van der Waals surface area contributed by atoms with E-state index >= 15 is 0 Å². The number of pyridine rings is 1. The van der Waals surface area contributed by atoms with Gasteiger partial charge in [-0.05, 0) is 31.0 Å². The van der Waals surface area contributed by atoms with Crippen LogP contribution in [0.1, 0.15) is 22.5 Å². The van der Waals surface area contributed by atoms with Gasteiger partial charge in [0.25, 0.3) is 0 Å². The Morgan fingerprint density at radius 1 is 0.944 bits per heavy atom. The van der Waals surface area contributed by atoms with Gasteiger partial charge in [-0.2, -0.15) is 5.10 Å². The molecule has 0 aliphatic rings. The van der Waals surface area contributed by atoms with Gasteiger partial charge in [0.1, 0.15) is 0 Å². The lowest BCUT2D eigenvalue weighted by Gasteiger charge is -1.97. The van der Waals surface area contributed by atoms with E-state index in [0.717, 1.165) is 17.9 Å². The van der Waals surface area contributed by atoms with Crippen molar-refractivity contribution in [3.63, 3.8) is 0 Å². The summed E-state index contributed by atoms with van der Waals surface area (Å²) in [6, 6.07) is 12.6. The highest BCUT2D eigenvalue weighted by Crippen LogP contribution is 2.10. The molecule has 0 fully saturated rings.